The molecule has 0 fully saturated rings. The van der Waals surface area contributed by atoms with Gasteiger partial charge in [-0.05, 0) is 6.07 Å². The van der Waals surface area contributed by atoms with Gasteiger partial charge in [-0.15, -0.1) is 0 Å². The zero-order chi connectivity index (χ0) is 9.30. The molecular weight excluding hydrogens is 196 g/mol. The third kappa shape index (κ3) is 2.72. The Morgan fingerprint density at radius 1 is 1.23 bits per heavy atom. The summed E-state index contributed by atoms with van der Waals surface area (Å²) in [6.07, 6.45) is 0. The van der Waals surface area contributed by atoms with Gasteiger partial charge in [0.2, 0.25) is 0 Å². The third-order valence-corrected chi connectivity index (χ3v) is 1.22. The number of hydrogen-bond donors (Lipinski definition) is 1. The zero-order valence-electron chi connectivity index (χ0n) is 6.64. The van der Waals surface area contributed by atoms with Crippen LogP contribution in [0.5, 0.6) is 0 Å². The molecule has 0 saturated carbocycles. The van der Waals surface area contributed by atoms with E-state index in [1.165, 1.54) is 0 Å². The average Bonchev–Trinajstić information content (AvgIpc) is 1.96. The fourth-order valence-corrected chi connectivity index (χ4v) is 0.712. The number of rotatable bonds is 1. The Bertz CT molecular complexity index is 341. The first-order valence-corrected chi connectivity index (χ1v) is 2.90. The van der Waals surface area contributed by atoms with Crippen LogP contribution in [0, 0.1) is 17.5 Å². The fourth-order valence-electron chi connectivity index (χ4n) is 0.712. The van der Waals surface area contributed by atoms with Gasteiger partial charge in [-0.1, -0.05) is 0 Å². The van der Waals surface area contributed by atoms with Gasteiger partial charge in [0.1, 0.15) is 11.4 Å². The number of carboxylic acid groups (broad SMARTS) is 1. The van der Waals surface area contributed by atoms with Crippen LogP contribution >= 0.6 is 0 Å². The van der Waals surface area contributed by atoms with Crippen molar-refractivity contribution in [3.63, 3.8) is 0 Å². The van der Waals surface area contributed by atoms with Crippen molar-refractivity contribution in [1.29, 1.82) is 0 Å². The Hall–Kier alpha value is -0.520. The Balaban J connectivity index is 0.00000144. The molecule has 0 atom stereocenters. The predicted molar refractivity (Wildman–Crippen MR) is 33.3 cm³/mol. The van der Waals surface area contributed by atoms with Crippen LogP contribution in [0.3, 0.4) is 0 Å². The van der Waals surface area contributed by atoms with E-state index in [0.29, 0.717) is 6.07 Å². The monoisotopic (exact) mass is 199 g/mol. The average molecular weight is 199 g/mol. The summed E-state index contributed by atoms with van der Waals surface area (Å²) in [7, 11) is 0. The molecule has 0 bridgehead atoms. The van der Waals surface area contributed by atoms with E-state index in [1.54, 1.807) is 0 Å². The predicted octanol–water partition coefficient (Wildman–Crippen LogP) is -1.19. The van der Waals surface area contributed by atoms with Crippen LogP contribution in [0.1, 0.15) is 10.4 Å². The molecule has 64 valence electrons. The van der Waals surface area contributed by atoms with Gasteiger partial charge in [0.25, 0.3) is 0 Å². The van der Waals surface area contributed by atoms with Crippen LogP contribution < -0.4 is 29.6 Å². The second-order valence-electron chi connectivity index (χ2n) is 2.05. The van der Waals surface area contributed by atoms with Crippen LogP contribution in [0.4, 0.5) is 13.2 Å². The van der Waals surface area contributed by atoms with Crippen molar-refractivity contribution in [3.05, 3.63) is 35.1 Å². The summed E-state index contributed by atoms with van der Waals surface area (Å²) in [5.74, 6) is -5.88. The quantitative estimate of drug-likeness (QED) is 0.456. The minimum absolute atomic E-state index is 0. The molecule has 0 saturated heterocycles. The molecule has 0 aliphatic carbocycles. The molecule has 0 spiro atoms. The van der Waals surface area contributed by atoms with Crippen molar-refractivity contribution in [2.24, 2.45) is 0 Å². The van der Waals surface area contributed by atoms with Crippen molar-refractivity contribution in [3.8, 4) is 0 Å². The third-order valence-electron chi connectivity index (χ3n) is 1.22. The number of carboxylic acids is 1. The van der Waals surface area contributed by atoms with E-state index in [4.69, 9.17) is 5.11 Å². The minimum atomic E-state index is -1.70. The first-order valence-electron chi connectivity index (χ1n) is 2.90. The van der Waals surface area contributed by atoms with Gasteiger partial charge < -0.3 is 5.11 Å². The molecule has 1 aromatic rings. The Morgan fingerprint density at radius 2 is 1.77 bits per heavy atom. The molecular formula is C7H3F3NaO2+. The minimum Gasteiger partial charge on any atom is -0.478 e. The smallest absolute Gasteiger partial charge is 0.478 e. The molecule has 1 rings (SSSR count). The van der Waals surface area contributed by atoms with E-state index in [9.17, 15) is 18.0 Å². The van der Waals surface area contributed by atoms with Crippen LogP contribution in [0.15, 0.2) is 12.1 Å². The van der Waals surface area contributed by atoms with Crippen molar-refractivity contribution in [2.75, 3.05) is 0 Å². The SMILES string of the molecule is O=C(O)c1cc(F)cc(F)c1F.[Na+]. The van der Waals surface area contributed by atoms with E-state index in [-0.39, 0.29) is 35.6 Å². The number of carbonyl (C=O) groups is 1. The maximum absolute atomic E-state index is 12.5. The van der Waals surface area contributed by atoms with Crippen LogP contribution in [0.2, 0.25) is 0 Å². The number of halogens is 3. The molecule has 13 heavy (non-hydrogen) atoms. The molecule has 0 radical (unpaired) electrons. The number of hydrogen-bond acceptors (Lipinski definition) is 1. The van der Waals surface area contributed by atoms with Gasteiger partial charge in [-0.3, -0.25) is 0 Å². The van der Waals surface area contributed by atoms with E-state index in [2.05, 4.69) is 0 Å². The molecule has 0 amide bonds. The Morgan fingerprint density at radius 3 is 2.23 bits per heavy atom. The van der Waals surface area contributed by atoms with Gasteiger partial charge in [-0.25, -0.2) is 18.0 Å². The van der Waals surface area contributed by atoms with Crippen molar-refractivity contribution >= 4 is 5.97 Å². The molecule has 1 aromatic carbocycles. The second kappa shape index (κ2) is 4.64. The van der Waals surface area contributed by atoms with Crippen molar-refractivity contribution in [1.82, 2.24) is 0 Å². The molecule has 1 N–H and O–H groups in total. The van der Waals surface area contributed by atoms with Gasteiger partial charge in [0.05, 0.1) is 0 Å². The molecule has 0 aliphatic rings. The first-order chi connectivity index (χ1) is 5.52. The van der Waals surface area contributed by atoms with E-state index >= 15 is 0 Å². The van der Waals surface area contributed by atoms with E-state index < -0.39 is 29.0 Å². The summed E-state index contributed by atoms with van der Waals surface area (Å²) >= 11 is 0. The maximum Gasteiger partial charge on any atom is 1.00 e. The van der Waals surface area contributed by atoms with Crippen LogP contribution in [-0.4, -0.2) is 11.1 Å². The van der Waals surface area contributed by atoms with E-state index in [0.717, 1.165) is 0 Å². The standard InChI is InChI=1S/C7H3F3O2.Na/c8-3-1-4(7(11)12)6(10)5(9)2-3;/h1-2H,(H,11,12);/q;+1. The zero-order valence-corrected chi connectivity index (χ0v) is 8.64. The van der Waals surface area contributed by atoms with Gasteiger partial charge in [0.15, 0.2) is 11.6 Å². The largest absolute Gasteiger partial charge is 1.00 e. The van der Waals surface area contributed by atoms with Gasteiger partial charge >= 0.3 is 35.5 Å². The molecule has 0 aliphatic heterocycles. The molecule has 2 nitrogen and oxygen atoms in total. The summed E-state index contributed by atoms with van der Waals surface area (Å²) in [5.41, 5.74) is -1.01. The fraction of sp³-hybridized carbons (Fsp3) is 0. The van der Waals surface area contributed by atoms with Gasteiger partial charge in [-0.2, -0.15) is 0 Å². The summed E-state index contributed by atoms with van der Waals surface area (Å²) in [5, 5.41) is 8.24. The van der Waals surface area contributed by atoms with E-state index in [1.807, 2.05) is 0 Å². The summed E-state index contributed by atoms with van der Waals surface area (Å²) in [6.45, 7) is 0. The second-order valence-corrected chi connectivity index (χ2v) is 2.05. The van der Waals surface area contributed by atoms with Crippen molar-refractivity contribution < 1.29 is 52.6 Å². The van der Waals surface area contributed by atoms with Crippen LogP contribution in [0.25, 0.3) is 0 Å². The normalized spacial score (nSPS) is 9.15. The molecule has 0 unspecified atom stereocenters. The summed E-state index contributed by atoms with van der Waals surface area (Å²) in [4.78, 5) is 10.2. The summed E-state index contributed by atoms with van der Waals surface area (Å²) < 4.78 is 37.1. The first kappa shape index (κ1) is 12.5. The van der Waals surface area contributed by atoms with Crippen LogP contribution in [-0.2, 0) is 0 Å². The Labute approximate surface area is 93.7 Å². The Kier molecular flexibility index (Phi) is 4.46. The van der Waals surface area contributed by atoms with Gasteiger partial charge in [0, 0.05) is 6.07 Å². The topological polar surface area (TPSA) is 37.3 Å². The number of benzene rings is 1. The number of aromatic carboxylic acids is 1. The molecule has 6 heteroatoms. The summed E-state index contributed by atoms with van der Waals surface area (Å²) in [6, 6.07) is 0.697. The molecule has 0 heterocycles. The molecule has 0 aromatic heterocycles. The maximum atomic E-state index is 12.5. The van der Waals surface area contributed by atoms with Crippen molar-refractivity contribution in [2.45, 2.75) is 0 Å².